The molecule has 25 heavy (non-hydrogen) atoms. The van der Waals surface area contributed by atoms with E-state index in [-0.39, 0.29) is 5.91 Å². The van der Waals surface area contributed by atoms with Gasteiger partial charge in [-0.2, -0.15) is 5.10 Å². The number of aromatic amines is 1. The van der Waals surface area contributed by atoms with E-state index in [4.69, 9.17) is 0 Å². The molecule has 0 aromatic carbocycles. The van der Waals surface area contributed by atoms with Crippen molar-refractivity contribution < 1.29 is 9.90 Å². The SMILES string of the molecule is O=C(c1cc(-c2cccnc2)n[nH]1)N1CC[C@](O)(CN2CCCC2)C1. The van der Waals surface area contributed by atoms with Crippen LogP contribution in [0.25, 0.3) is 11.3 Å². The maximum atomic E-state index is 12.7. The van der Waals surface area contributed by atoms with Crippen LogP contribution in [0.2, 0.25) is 0 Å². The number of likely N-dealkylation sites (tertiary alicyclic amines) is 2. The molecule has 2 N–H and O–H groups in total. The second-order valence-electron chi connectivity index (χ2n) is 7.09. The number of nitrogens with one attached hydrogen (secondary N) is 1. The van der Waals surface area contributed by atoms with E-state index in [9.17, 15) is 9.90 Å². The molecule has 0 unspecified atom stereocenters. The van der Waals surface area contributed by atoms with Crippen molar-refractivity contribution in [2.75, 3.05) is 32.7 Å². The quantitative estimate of drug-likeness (QED) is 0.871. The van der Waals surface area contributed by atoms with Gasteiger partial charge in [0, 0.05) is 31.0 Å². The third kappa shape index (κ3) is 3.43. The zero-order valence-electron chi connectivity index (χ0n) is 14.2. The number of aliphatic hydroxyl groups is 1. The fourth-order valence-corrected chi connectivity index (χ4v) is 3.78. The molecular weight excluding hydrogens is 318 g/mol. The molecule has 2 aliphatic heterocycles. The van der Waals surface area contributed by atoms with Crippen molar-refractivity contribution in [1.82, 2.24) is 25.0 Å². The third-order valence-electron chi connectivity index (χ3n) is 5.10. The monoisotopic (exact) mass is 341 g/mol. The summed E-state index contributed by atoms with van der Waals surface area (Å²) < 4.78 is 0. The summed E-state index contributed by atoms with van der Waals surface area (Å²) in [5.74, 6) is -0.111. The zero-order chi connectivity index (χ0) is 17.3. The van der Waals surface area contributed by atoms with Crippen molar-refractivity contribution in [2.45, 2.75) is 24.9 Å². The van der Waals surface area contributed by atoms with Crippen molar-refractivity contribution >= 4 is 5.91 Å². The van der Waals surface area contributed by atoms with Crippen molar-refractivity contribution in [3.63, 3.8) is 0 Å². The minimum absolute atomic E-state index is 0.111. The Kier molecular flexibility index (Phi) is 4.27. The molecule has 1 atom stereocenters. The fourth-order valence-electron chi connectivity index (χ4n) is 3.78. The van der Waals surface area contributed by atoms with E-state index in [1.807, 2.05) is 12.1 Å². The van der Waals surface area contributed by atoms with Gasteiger partial charge < -0.3 is 14.9 Å². The van der Waals surface area contributed by atoms with Crippen LogP contribution in [0.1, 0.15) is 29.8 Å². The van der Waals surface area contributed by atoms with Gasteiger partial charge in [0.1, 0.15) is 5.69 Å². The lowest BCUT2D eigenvalue weighted by atomic mass is 10.0. The number of rotatable bonds is 4. The molecule has 7 nitrogen and oxygen atoms in total. The van der Waals surface area contributed by atoms with E-state index in [0.29, 0.717) is 37.4 Å². The van der Waals surface area contributed by atoms with Crippen LogP contribution in [-0.2, 0) is 0 Å². The highest BCUT2D eigenvalue weighted by Gasteiger charge is 2.40. The first-order chi connectivity index (χ1) is 12.1. The molecule has 0 saturated carbocycles. The van der Waals surface area contributed by atoms with Gasteiger partial charge in [-0.05, 0) is 50.6 Å². The van der Waals surface area contributed by atoms with Gasteiger partial charge in [0.2, 0.25) is 0 Å². The summed E-state index contributed by atoms with van der Waals surface area (Å²) in [7, 11) is 0. The number of amides is 1. The first-order valence-corrected chi connectivity index (χ1v) is 8.83. The molecule has 2 saturated heterocycles. The normalized spacial score (nSPS) is 24.1. The molecule has 2 aromatic heterocycles. The lowest BCUT2D eigenvalue weighted by Gasteiger charge is -2.28. The molecule has 7 heteroatoms. The molecule has 0 bridgehead atoms. The average molecular weight is 341 g/mol. The lowest BCUT2D eigenvalue weighted by molar-refractivity contribution is 0.0175. The average Bonchev–Trinajstić information content (AvgIpc) is 3.36. The van der Waals surface area contributed by atoms with Crippen LogP contribution >= 0.6 is 0 Å². The summed E-state index contributed by atoms with van der Waals surface area (Å²) in [4.78, 5) is 20.8. The van der Waals surface area contributed by atoms with Gasteiger partial charge in [-0.15, -0.1) is 0 Å². The maximum absolute atomic E-state index is 12.7. The highest BCUT2D eigenvalue weighted by molar-refractivity contribution is 5.93. The lowest BCUT2D eigenvalue weighted by Crippen LogP contribution is -2.45. The van der Waals surface area contributed by atoms with Gasteiger partial charge in [0.15, 0.2) is 0 Å². The van der Waals surface area contributed by atoms with Crippen LogP contribution in [0.5, 0.6) is 0 Å². The number of pyridine rings is 1. The van der Waals surface area contributed by atoms with Crippen LogP contribution < -0.4 is 0 Å². The largest absolute Gasteiger partial charge is 0.387 e. The molecule has 2 fully saturated rings. The van der Waals surface area contributed by atoms with Gasteiger partial charge in [-0.1, -0.05) is 0 Å². The molecule has 0 spiro atoms. The number of H-pyrrole nitrogens is 1. The Hall–Kier alpha value is -2.25. The second-order valence-corrected chi connectivity index (χ2v) is 7.09. The van der Waals surface area contributed by atoms with Crippen LogP contribution in [0.4, 0.5) is 0 Å². The number of carbonyl (C=O) groups is 1. The van der Waals surface area contributed by atoms with E-state index in [0.717, 1.165) is 18.7 Å². The molecular formula is C18H23N5O2. The Bertz CT molecular complexity index is 741. The Morgan fingerprint density at radius 3 is 2.92 bits per heavy atom. The van der Waals surface area contributed by atoms with Gasteiger partial charge in [0.25, 0.3) is 5.91 Å². The topological polar surface area (TPSA) is 85.3 Å². The smallest absolute Gasteiger partial charge is 0.271 e. The Morgan fingerprint density at radius 1 is 1.32 bits per heavy atom. The van der Waals surface area contributed by atoms with Gasteiger partial charge in [-0.3, -0.25) is 14.9 Å². The highest BCUT2D eigenvalue weighted by Crippen LogP contribution is 2.26. The van der Waals surface area contributed by atoms with E-state index in [1.54, 1.807) is 23.4 Å². The van der Waals surface area contributed by atoms with Gasteiger partial charge >= 0.3 is 0 Å². The molecule has 1 amide bonds. The zero-order valence-corrected chi connectivity index (χ0v) is 14.2. The van der Waals surface area contributed by atoms with Crippen LogP contribution in [-0.4, -0.2) is 74.3 Å². The number of carbonyl (C=O) groups excluding carboxylic acids is 1. The second kappa shape index (κ2) is 6.57. The Balaban J connectivity index is 1.42. The summed E-state index contributed by atoms with van der Waals surface area (Å²) in [6.45, 7) is 3.70. The van der Waals surface area contributed by atoms with Gasteiger partial charge in [-0.25, -0.2) is 0 Å². The summed E-state index contributed by atoms with van der Waals surface area (Å²) in [5.41, 5.74) is 1.21. The van der Waals surface area contributed by atoms with Crippen molar-refractivity contribution in [3.05, 3.63) is 36.3 Å². The maximum Gasteiger partial charge on any atom is 0.271 e. The molecule has 4 rings (SSSR count). The molecule has 4 heterocycles. The predicted octanol–water partition coefficient (Wildman–Crippen LogP) is 1.14. The van der Waals surface area contributed by atoms with Crippen molar-refractivity contribution in [2.24, 2.45) is 0 Å². The number of β-amino-alcohol motifs (C(OH)–C–C–N with tert-alkyl or cyclic N) is 1. The molecule has 2 aliphatic rings. The summed E-state index contributed by atoms with van der Waals surface area (Å²) in [5, 5.41) is 17.9. The van der Waals surface area contributed by atoms with Crippen molar-refractivity contribution in [1.29, 1.82) is 0 Å². The van der Waals surface area contributed by atoms with Crippen LogP contribution in [0, 0.1) is 0 Å². The molecule has 0 radical (unpaired) electrons. The van der Waals surface area contributed by atoms with Crippen LogP contribution in [0.15, 0.2) is 30.6 Å². The van der Waals surface area contributed by atoms with E-state index in [2.05, 4.69) is 20.1 Å². The van der Waals surface area contributed by atoms with E-state index in [1.165, 1.54) is 12.8 Å². The van der Waals surface area contributed by atoms with E-state index < -0.39 is 5.60 Å². The standard InChI is InChI=1S/C18H23N5O2/c24-17(16-10-15(20-21-16)14-4-3-6-19-11-14)23-9-5-18(25,13-23)12-22-7-1-2-8-22/h3-4,6,10-11,25H,1-2,5,7-9,12-13H2,(H,20,21)/t18-/m0/s1. The number of hydrogen-bond donors (Lipinski definition) is 2. The first kappa shape index (κ1) is 16.2. The van der Waals surface area contributed by atoms with Crippen molar-refractivity contribution in [3.8, 4) is 11.3 Å². The number of hydrogen-bond acceptors (Lipinski definition) is 5. The number of aromatic nitrogens is 3. The van der Waals surface area contributed by atoms with Gasteiger partial charge in [0.05, 0.1) is 17.8 Å². The van der Waals surface area contributed by atoms with Crippen LogP contribution in [0.3, 0.4) is 0 Å². The molecule has 132 valence electrons. The third-order valence-corrected chi connectivity index (χ3v) is 5.10. The Labute approximate surface area is 146 Å². The molecule has 2 aromatic rings. The van der Waals surface area contributed by atoms with E-state index >= 15 is 0 Å². The fraction of sp³-hybridized carbons (Fsp3) is 0.500. The highest BCUT2D eigenvalue weighted by atomic mass is 16.3. The Morgan fingerprint density at radius 2 is 2.16 bits per heavy atom. The predicted molar refractivity (Wildman–Crippen MR) is 93.0 cm³/mol. The summed E-state index contributed by atoms with van der Waals surface area (Å²) >= 11 is 0. The molecule has 0 aliphatic carbocycles. The minimum Gasteiger partial charge on any atom is -0.387 e. The number of nitrogens with zero attached hydrogens (tertiary/aromatic N) is 4. The summed E-state index contributed by atoms with van der Waals surface area (Å²) in [6, 6.07) is 5.49. The first-order valence-electron chi connectivity index (χ1n) is 8.83. The summed E-state index contributed by atoms with van der Waals surface area (Å²) in [6.07, 6.45) is 6.44. The minimum atomic E-state index is -0.799.